The topological polar surface area (TPSA) is 64.3 Å². The van der Waals surface area contributed by atoms with Crippen molar-refractivity contribution in [2.45, 2.75) is 19.0 Å². The predicted octanol–water partition coefficient (Wildman–Crippen LogP) is 1.99. The average molecular weight is 272 g/mol. The number of rotatable bonds is 5. The summed E-state index contributed by atoms with van der Waals surface area (Å²) >= 11 is 0. The van der Waals surface area contributed by atoms with Crippen molar-refractivity contribution in [1.82, 2.24) is 5.32 Å². The van der Waals surface area contributed by atoms with Gasteiger partial charge in [-0.15, -0.1) is 0 Å². The summed E-state index contributed by atoms with van der Waals surface area (Å²) in [6, 6.07) is 13.5. The van der Waals surface area contributed by atoms with Crippen LogP contribution in [0.4, 0.5) is 0 Å². The van der Waals surface area contributed by atoms with Gasteiger partial charge in [-0.3, -0.25) is 4.79 Å². The fourth-order valence-corrected chi connectivity index (χ4v) is 2.28. The van der Waals surface area contributed by atoms with Gasteiger partial charge in [0.2, 0.25) is 5.91 Å². The summed E-state index contributed by atoms with van der Waals surface area (Å²) in [6.07, 6.45) is 0. The van der Waals surface area contributed by atoms with E-state index in [-0.39, 0.29) is 18.6 Å². The Bertz CT molecular complexity index is 593. The molecule has 2 atom stereocenters. The lowest BCUT2D eigenvalue weighted by Gasteiger charge is -2.19. The third-order valence-corrected chi connectivity index (χ3v) is 3.33. The molecule has 0 bridgehead atoms. The third-order valence-electron chi connectivity index (χ3n) is 3.33. The number of carbonyl (C=O) groups is 1. The van der Waals surface area contributed by atoms with Crippen molar-refractivity contribution in [1.29, 1.82) is 0 Å². The summed E-state index contributed by atoms with van der Waals surface area (Å²) < 4.78 is 4.90. The molecule has 4 nitrogen and oxygen atoms in total. The molecule has 0 aliphatic rings. The molecule has 0 saturated heterocycles. The molecule has 0 aliphatic carbocycles. The lowest BCUT2D eigenvalue weighted by atomic mass is 9.99. The number of nitrogens with one attached hydrogen (secondary N) is 1. The van der Waals surface area contributed by atoms with Gasteiger partial charge in [0, 0.05) is 7.11 Å². The smallest absolute Gasteiger partial charge is 0.239 e. The molecule has 0 fully saturated rings. The van der Waals surface area contributed by atoms with Crippen LogP contribution in [0.5, 0.6) is 0 Å². The molecule has 0 spiro atoms. The highest BCUT2D eigenvalue weighted by Gasteiger charge is 2.17. The largest absolute Gasteiger partial charge is 0.383 e. The Hall–Kier alpha value is -1.91. The quantitative estimate of drug-likeness (QED) is 0.875. The van der Waals surface area contributed by atoms with Crippen LogP contribution in [0.1, 0.15) is 18.5 Å². The molecule has 0 radical (unpaired) electrons. The normalized spacial score (nSPS) is 13.9. The van der Waals surface area contributed by atoms with Gasteiger partial charge >= 0.3 is 0 Å². The maximum absolute atomic E-state index is 11.9. The van der Waals surface area contributed by atoms with E-state index in [1.54, 1.807) is 0 Å². The van der Waals surface area contributed by atoms with Crippen molar-refractivity contribution in [3.63, 3.8) is 0 Å². The fourth-order valence-electron chi connectivity index (χ4n) is 2.28. The van der Waals surface area contributed by atoms with Gasteiger partial charge in [0.25, 0.3) is 0 Å². The van der Waals surface area contributed by atoms with Gasteiger partial charge in [-0.2, -0.15) is 0 Å². The summed E-state index contributed by atoms with van der Waals surface area (Å²) in [4.78, 5) is 11.9. The first-order valence-electron chi connectivity index (χ1n) is 6.66. The van der Waals surface area contributed by atoms with Crippen molar-refractivity contribution in [3.05, 3.63) is 48.0 Å². The number of amides is 1. The van der Waals surface area contributed by atoms with Crippen molar-refractivity contribution in [3.8, 4) is 0 Å². The highest BCUT2D eigenvalue weighted by atomic mass is 16.5. The van der Waals surface area contributed by atoms with Gasteiger partial charge in [-0.05, 0) is 23.3 Å². The second kappa shape index (κ2) is 6.50. The molecule has 106 valence electrons. The standard InChI is InChI=1S/C16H20N2O2/c1-11(18-16(19)15(17)10-20-2)13-9-5-7-12-6-3-4-8-14(12)13/h3-9,11,15H,10,17H2,1-2H3,(H,18,19). The molecule has 20 heavy (non-hydrogen) atoms. The van der Waals surface area contributed by atoms with Crippen LogP contribution in [0.25, 0.3) is 10.8 Å². The molecule has 0 aliphatic heterocycles. The van der Waals surface area contributed by atoms with Crippen LogP contribution in [-0.2, 0) is 9.53 Å². The van der Waals surface area contributed by atoms with Crippen molar-refractivity contribution < 1.29 is 9.53 Å². The molecular formula is C16H20N2O2. The maximum atomic E-state index is 11.9. The Kier molecular flexibility index (Phi) is 4.71. The Balaban J connectivity index is 2.19. The predicted molar refractivity (Wildman–Crippen MR) is 80.4 cm³/mol. The fraction of sp³-hybridized carbons (Fsp3) is 0.312. The van der Waals surface area contributed by atoms with Crippen LogP contribution in [0.15, 0.2) is 42.5 Å². The van der Waals surface area contributed by atoms with Crippen LogP contribution in [-0.4, -0.2) is 25.7 Å². The molecule has 1 amide bonds. The lowest BCUT2D eigenvalue weighted by molar-refractivity contribution is -0.124. The number of fused-ring (bicyclic) bond motifs is 1. The Morgan fingerprint density at radius 2 is 1.95 bits per heavy atom. The van der Waals surface area contributed by atoms with Gasteiger partial charge in [0.15, 0.2) is 0 Å². The SMILES string of the molecule is COCC(N)C(=O)NC(C)c1cccc2ccccc12. The van der Waals surface area contributed by atoms with Gasteiger partial charge in [-0.1, -0.05) is 42.5 Å². The van der Waals surface area contributed by atoms with Crippen molar-refractivity contribution in [2.24, 2.45) is 5.73 Å². The van der Waals surface area contributed by atoms with E-state index in [0.717, 1.165) is 16.3 Å². The van der Waals surface area contributed by atoms with Crippen molar-refractivity contribution in [2.75, 3.05) is 13.7 Å². The number of hydrogen-bond donors (Lipinski definition) is 2. The second-order valence-electron chi connectivity index (χ2n) is 4.86. The zero-order valence-corrected chi connectivity index (χ0v) is 11.8. The van der Waals surface area contributed by atoms with Gasteiger partial charge < -0.3 is 15.8 Å². The molecular weight excluding hydrogens is 252 g/mol. The van der Waals surface area contributed by atoms with Gasteiger partial charge in [-0.25, -0.2) is 0 Å². The van der Waals surface area contributed by atoms with Crippen LogP contribution in [0.3, 0.4) is 0 Å². The molecule has 0 heterocycles. The van der Waals surface area contributed by atoms with Crippen LogP contribution >= 0.6 is 0 Å². The van der Waals surface area contributed by atoms with E-state index < -0.39 is 6.04 Å². The van der Waals surface area contributed by atoms with E-state index in [1.165, 1.54) is 7.11 Å². The molecule has 0 saturated carbocycles. The van der Waals surface area contributed by atoms with E-state index >= 15 is 0 Å². The third kappa shape index (κ3) is 3.15. The molecule has 2 aromatic carbocycles. The molecule has 3 N–H and O–H groups in total. The van der Waals surface area contributed by atoms with Gasteiger partial charge in [0.05, 0.1) is 12.6 Å². The summed E-state index contributed by atoms with van der Waals surface area (Å²) in [5, 5.41) is 5.23. The second-order valence-corrected chi connectivity index (χ2v) is 4.86. The minimum absolute atomic E-state index is 0.100. The van der Waals surface area contributed by atoms with Crippen LogP contribution in [0.2, 0.25) is 0 Å². The number of benzene rings is 2. The minimum Gasteiger partial charge on any atom is -0.383 e. The molecule has 0 aromatic heterocycles. The number of carbonyl (C=O) groups excluding carboxylic acids is 1. The Morgan fingerprint density at radius 3 is 2.70 bits per heavy atom. The van der Waals surface area contributed by atoms with Crippen molar-refractivity contribution >= 4 is 16.7 Å². The van der Waals surface area contributed by atoms with E-state index in [9.17, 15) is 4.79 Å². The number of nitrogens with two attached hydrogens (primary N) is 1. The zero-order chi connectivity index (χ0) is 14.5. The highest BCUT2D eigenvalue weighted by Crippen LogP contribution is 2.23. The number of methoxy groups -OCH3 is 1. The summed E-state index contributed by atoms with van der Waals surface area (Å²) in [6.45, 7) is 2.17. The average Bonchev–Trinajstić information content (AvgIpc) is 2.46. The van der Waals surface area contributed by atoms with E-state index in [1.807, 2.05) is 31.2 Å². The van der Waals surface area contributed by atoms with E-state index in [2.05, 4.69) is 23.5 Å². The van der Waals surface area contributed by atoms with E-state index in [4.69, 9.17) is 10.5 Å². The highest BCUT2D eigenvalue weighted by molar-refractivity contribution is 5.87. The molecule has 4 heteroatoms. The van der Waals surface area contributed by atoms with Crippen LogP contribution in [0, 0.1) is 0 Å². The molecule has 2 aromatic rings. The van der Waals surface area contributed by atoms with Gasteiger partial charge in [0.1, 0.15) is 6.04 Å². The van der Waals surface area contributed by atoms with E-state index in [0.29, 0.717) is 0 Å². The summed E-state index contributed by atoms with van der Waals surface area (Å²) in [7, 11) is 1.53. The maximum Gasteiger partial charge on any atom is 0.239 e. The lowest BCUT2D eigenvalue weighted by Crippen LogP contribution is -2.44. The first-order valence-corrected chi connectivity index (χ1v) is 6.66. The molecule has 2 rings (SSSR count). The number of hydrogen-bond acceptors (Lipinski definition) is 3. The molecule has 2 unspecified atom stereocenters. The zero-order valence-electron chi connectivity index (χ0n) is 11.8. The Morgan fingerprint density at radius 1 is 1.25 bits per heavy atom. The number of ether oxygens (including phenoxy) is 1. The minimum atomic E-state index is -0.641. The van der Waals surface area contributed by atoms with Crippen LogP contribution < -0.4 is 11.1 Å². The monoisotopic (exact) mass is 272 g/mol. The Labute approximate surface area is 118 Å². The first kappa shape index (κ1) is 14.5. The summed E-state index contributed by atoms with van der Waals surface area (Å²) in [5.41, 5.74) is 6.81. The summed E-state index contributed by atoms with van der Waals surface area (Å²) in [5.74, 6) is -0.202. The first-order chi connectivity index (χ1) is 9.63.